The van der Waals surface area contributed by atoms with Gasteiger partial charge in [0.05, 0.1) is 10.7 Å². The Bertz CT molecular complexity index is 748. The van der Waals surface area contributed by atoms with Crippen LogP contribution in [-0.4, -0.2) is 8.42 Å². The summed E-state index contributed by atoms with van der Waals surface area (Å²) >= 11 is 9.08. The highest BCUT2D eigenvalue weighted by Gasteiger charge is 2.18. The zero-order valence-electron chi connectivity index (χ0n) is 9.90. The van der Waals surface area contributed by atoms with Crippen molar-refractivity contribution in [3.05, 3.63) is 51.7 Å². The van der Waals surface area contributed by atoms with Crippen molar-refractivity contribution in [2.45, 2.75) is 4.90 Å². The zero-order valence-corrected chi connectivity index (χ0v) is 13.1. The van der Waals surface area contributed by atoms with Crippen LogP contribution in [0.25, 0.3) is 0 Å². The number of benzene rings is 2. The van der Waals surface area contributed by atoms with Crippen molar-refractivity contribution in [2.24, 2.45) is 0 Å². The van der Waals surface area contributed by atoms with Gasteiger partial charge in [0.1, 0.15) is 10.7 Å². The summed E-state index contributed by atoms with van der Waals surface area (Å²) in [5, 5.41) is 0.0521. The van der Waals surface area contributed by atoms with E-state index in [-0.39, 0.29) is 21.3 Å². The van der Waals surface area contributed by atoms with Crippen LogP contribution in [0, 0.1) is 5.82 Å². The number of nitrogens with one attached hydrogen (secondary N) is 1. The van der Waals surface area contributed by atoms with Gasteiger partial charge < -0.3 is 5.73 Å². The predicted octanol–water partition coefficient (Wildman–Crippen LogP) is 3.62. The number of nitrogens with two attached hydrogens (primary N) is 1. The standard InChI is InChI=1S/C12H9BrClFN2O2S/c13-7-1-2-12(11(14)3-7)20(18,19)17-10-5-8(15)4-9(16)6-10/h1-6,17H,16H2. The van der Waals surface area contributed by atoms with Gasteiger partial charge in [-0.05, 0) is 36.4 Å². The van der Waals surface area contributed by atoms with E-state index in [1.807, 2.05) is 0 Å². The minimum absolute atomic E-state index is 0.0292. The van der Waals surface area contributed by atoms with Crippen LogP contribution in [-0.2, 0) is 10.0 Å². The summed E-state index contributed by atoms with van der Waals surface area (Å²) < 4.78 is 40.4. The highest BCUT2D eigenvalue weighted by atomic mass is 79.9. The van der Waals surface area contributed by atoms with Crippen molar-refractivity contribution in [3.8, 4) is 0 Å². The molecule has 0 aliphatic carbocycles. The molecule has 106 valence electrons. The molecule has 0 radical (unpaired) electrons. The second-order valence-corrected chi connectivity index (χ2v) is 6.93. The summed E-state index contributed by atoms with van der Waals surface area (Å²) in [7, 11) is -3.92. The van der Waals surface area contributed by atoms with Gasteiger partial charge in [0, 0.05) is 10.2 Å². The first-order valence-corrected chi connectivity index (χ1v) is 7.97. The third kappa shape index (κ3) is 3.41. The molecule has 2 aromatic rings. The molecule has 0 heterocycles. The molecular weight excluding hydrogens is 371 g/mol. The fourth-order valence-corrected chi connectivity index (χ4v) is 3.65. The quantitative estimate of drug-likeness (QED) is 0.800. The van der Waals surface area contributed by atoms with E-state index in [0.717, 1.165) is 12.1 Å². The first-order chi connectivity index (χ1) is 9.28. The van der Waals surface area contributed by atoms with Crippen LogP contribution in [0.4, 0.5) is 15.8 Å². The van der Waals surface area contributed by atoms with Crippen molar-refractivity contribution in [3.63, 3.8) is 0 Å². The summed E-state index contributed by atoms with van der Waals surface area (Å²) in [6.07, 6.45) is 0. The average Bonchev–Trinajstić information content (AvgIpc) is 2.25. The first-order valence-electron chi connectivity index (χ1n) is 5.32. The van der Waals surface area contributed by atoms with Crippen molar-refractivity contribution in [1.82, 2.24) is 0 Å². The zero-order chi connectivity index (χ0) is 14.9. The molecule has 0 saturated carbocycles. The Morgan fingerprint density at radius 2 is 1.90 bits per heavy atom. The molecule has 0 aliphatic rings. The number of hydrogen-bond acceptors (Lipinski definition) is 3. The molecule has 0 amide bonds. The lowest BCUT2D eigenvalue weighted by Crippen LogP contribution is -2.13. The van der Waals surface area contributed by atoms with Crippen molar-refractivity contribution >= 4 is 48.9 Å². The second kappa shape index (κ2) is 5.59. The molecule has 0 saturated heterocycles. The Hall–Kier alpha value is -1.31. The van der Waals surface area contributed by atoms with Gasteiger partial charge in [-0.25, -0.2) is 12.8 Å². The van der Waals surface area contributed by atoms with Crippen LogP contribution >= 0.6 is 27.5 Å². The topological polar surface area (TPSA) is 72.2 Å². The lowest BCUT2D eigenvalue weighted by atomic mass is 10.3. The molecule has 0 aromatic heterocycles. The third-order valence-electron chi connectivity index (χ3n) is 2.36. The lowest BCUT2D eigenvalue weighted by molar-refractivity contribution is 0.601. The van der Waals surface area contributed by atoms with Crippen LogP contribution in [0.15, 0.2) is 45.8 Å². The Morgan fingerprint density at radius 1 is 1.20 bits per heavy atom. The Kier molecular flexibility index (Phi) is 4.22. The molecule has 2 aromatic carbocycles. The SMILES string of the molecule is Nc1cc(F)cc(NS(=O)(=O)c2ccc(Br)cc2Cl)c1. The molecular formula is C12H9BrClFN2O2S. The van der Waals surface area contributed by atoms with Gasteiger partial charge in [0.25, 0.3) is 10.0 Å². The summed E-state index contributed by atoms with van der Waals surface area (Å²) in [6.45, 7) is 0. The van der Waals surface area contributed by atoms with Gasteiger partial charge >= 0.3 is 0 Å². The van der Waals surface area contributed by atoms with Crippen LogP contribution < -0.4 is 10.5 Å². The summed E-state index contributed by atoms with van der Waals surface area (Å²) in [5.74, 6) is -0.635. The largest absolute Gasteiger partial charge is 0.399 e. The van der Waals surface area contributed by atoms with E-state index >= 15 is 0 Å². The average molecular weight is 380 g/mol. The molecule has 0 atom stereocenters. The summed E-state index contributed by atoms with van der Waals surface area (Å²) in [5.41, 5.74) is 5.60. The number of nitrogen functional groups attached to an aromatic ring is 1. The number of sulfonamides is 1. The predicted molar refractivity (Wildman–Crippen MR) is 80.8 cm³/mol. The maximum atomic E-state index is 13.2. The summed E-state index contributed by atoms with van der Waals surface area (Å²) in [4.78, 5) is -0.106. The molecule has 4 nitrogen and oxygen atoms in total. The molecule has 0 spiro atoms. The molecule has 0 unspecified atom stereocenters. The van der Waals surface area contributed by atoms with E-state index in [1.54, 1.807) is 6.07 Å². The van der Waals surface area contributed by atoms with E-state index in [0.29, 0.717) is 4.47 Å². The molecule has 0 bridgehead atoms. The van der Waals surface area contributed by atoms with Gasteiger partial charge in [-0.3, -0.25) is 4.72 Å². The van der Waals surface area contributed by atoms with E-state index in [1.165, 1.54) is 18.2 Å². The third-order valence-corrected chi connectivity index (χ3v) is 4.71. The van der Waals surface area contributed by atoms with E-state index in [4.69, 9.17) is 17.3 Å². The van der Waals surface area contributed by atoms with Crippen LogP contribution in [0.5, 0.6) is 0 Å². The molecule has 8 heteroatoms. The molecule has 3 N–H and O–H groups in total. The molecule has 0 fully saturated rings. The Balaban J connectivity index is 2.40. The monoisotopic (exact) mass is 378 g/mol. The van der Waals surface area contributed by atoms with E-state index in [9.17, 15) is 12.8 Å². The Morgan fingerprint density at radius 3 is 2.50 bits per heavy atom. The minimum Gasteiger partial charge on any atom is -0.399 e. The van der Waals surface area contributed by atoms with Crippen LogP contribution in [0.2, 0.25) is 5.02 Å². The number of rotatable bonds is 3. The van der Waals surface area contributed by atoms with Crippen molar-refractivity contribution in [2.75, 3.05) is 10.5 Å². The van der Waals surface area contributed by atoms with Crippen LogP contribution in [0.1, 0.15) is 0 Å². The normalized spacial score (nSPS) is 11.3. The van der Waals surface area contributed by atoms with Crippen molar-refractivity contribution in [1.29, 1.82) is 0 Å². The smallest absolute Gasteiger partial charge is 0.263 e. The van der Waals surface area contributed by atoms with Gasteiger partial charge in [0.2, 0.25) is 0 Å². The Labute approximate surface area is 128 Å². The molecule has 0 aliphatic heterocycles. The maximum absolute atomic E-state index is 13.2. The second-order valence-electron chi connectivity index (χ2n) is 3.95. The number of hydrogen-bond donors (Lipinski definition) is 2. The highest BCUT2D eigenvalue weighted by Crippen LogP contribution is 2.27. The van der Waals surface area contributed by atoms with Crippen molar-refractivity contribution < 1.29 is 12.8 Å². The van der Waals surface area contributed by atoms with Gasteiger partial charge in [-0.2, -0.15) is 0 Å². The van der Waals surface area contributed by atoms with Gasteiger partial charge in [-0.1, -0.05) is 27.5 Å². The maximum Gasteiger partial charge on any atom is 0.263 e. The minimum atomic E-state index is -3.92. The highest BCUT2D eigenvalue weighted by molar-refractivity contribution is 9.10. The fourth-order valence-electron chi connectivity index (χ4n) is 1.57. The van der Waals surface area contributed by atoms with Gasteiger partial charge in [-0.15, -0.1) is 0 Å². The molecule has 2 rings (SSSR count). The summed E-state index contributed by atoms with van der Waals surface area (Å²) in [6, 6.07) is 7.77. The van der Waals surface area contributed by atoms with E-state index in [2.05, 4.69) is 20.7 Å². The number of halogens is 3. The molecule has 20 heavy (non-hydrogen) atoms. The fraction of sp³-hybridized carbons (Fsp3) is 0. The van der Waals surface area contributed by atoms with Gasteiger partial charge in [0.15, 0.2) is 0 Å². The first kappa shape index (κ1) is 15.1. The lowest BCUT2D eigenvalue weighted by Gasteiger charge is -2.10. The van der Waals surface area contributed by atoms with E-state index < -0.39 is 15.8 Å². The van der Waals surface area contributed by atoms with Crippen LogP contribution in [0.3, 0.4) is 0 Å². The number of anilines is 2.